The highest BCUT2D eigenvalue weighted by Gasteiger charge is 2.22. The van der Waals surface area contributed by atoms with Crippen LogP contribution >= 0.6 is 21.6 Å². The second-order valence-corrected chi connectivity index (χ2v) is 8.65. The van der Waals surface area contributed by atoms with Crippen molar-refractivity contribution in [2.75, 3.05) is 20.0 Å². The van der Waals surface area contributed by atoms with Crippen LogP contribution in [0, 0.1) is 13.8 Å². The standard InChI is InChI=1S/C19H24N3O2S2/c1-6-25-26-11-17-13(3)18(24-5)12(2)10-22(17)19-20-15-8-7-14(23-4)9-16(15)21-19/h7-10H,6,11H2,1-5H3,(H,20,21)/q+1. The molecule has 2 aromatic heterocycles. The van der Waals surface area contributed by atoms with E-state index in [1.54, 1.807) is 14.2 Å². The number of aryl methyl sites for hydroxylation is 1. The molecule has 0 saturated carbocycles. The van der Waals surface area contributed by atoms with Gasteiger partial charge >= 0.3 is 5.95 Å². The predicted molar refractivity (Wildman–Crippen MR) is 110 cm³/mol. The van der Waals surface area contributed by atoms with Gasteiger partial charge in [-0.25, -0.2) is 9.55 Å². The molecule has 0 saturated heterocycles. The van der Waals surface area contributed by atoms with Crippen molar-refractivity contribution >= 4 is 32.6 Å². The summed E-state index contributed by atoms with van der Waals surface area (Å²) < 4.78 is 13.1. The molecule has 3 rings (SSSR count). The molecule has 26 heavy (non-hydrogen) atoms. The lowest BCUT2D eigenvalue weighted by molar-refractivity contribution is -0.611. The van der Waals surface area contributed by atoms with E-state index in [2.05, 4.69) is 36.5 Å². The fourth-order valence-electron chi connectivity index (χ4n) is 3.02. The average molecular weight is 391 g/mol. The lowest BCUT2D eigenvalue weighted by Gasteiger charge is -2.14. The summed E-state index contributed by atoms with van der Waals surface area (Å²) in [5, 5.41) is 0. The Morgan fingerprint density at radius 3 is 2.65 bits per heavy atom. The first-order valence-electron chi connectivity index (χ1n) is 8.46. The van der Waals surface area contributed by atoms with Gasteiger partial charge in [-0.1, -0.05) is 33.5 Å². The fraction of sp³-hybridized carbons (Fsp3) is 0.368. The maximum absolute atomic E-state index is 5.63. The van der Waals surface area contributed by atoms with E-state index >= 15 is 0 Å². The first kappa shape index (κ1) is 18.9. The highest BCUT2D eigenvalue weighted by atomic mass is 33.1. The van der Waals surface area contributed by atoms with Crippen LogP contribution in [0.5, 0.6) is 11.5 Å². The molecule has 0 atom stereocenters. The van der Waals surface area contributed by atoms with E-state index in [9.17, 15) is 0 Å². The third-order valence-electron chi connectivity index (χ3n) is 4.25. The number of aromatic nitrogens is 3. The zero-order valence-corrected chi connectivity index (χ0v) is 17.4. The molecule has 7 heteroatoms. The van der Waals surface area contributed by atoms with E-state index in [0.29, 0.717) is 0 Å². The van der Waals surface area contributed by atoms with Gasteiger partial charge in [-0.3, -0.25) is 0 Å². The van der Waals surface area contributed by atoms with Gasteiger partial charge in [0.05, 0.1) is 26.2 Å². The highest BCUT2D eigenvalue weighted by molar-refractivity contribution is 8.76. The van der Waals surface area contributed by atoms with Crippen molar-refractivity contribution in [2.24, 2.45) is 0 Å². The third kappa shape index (κ3) is 3.64. The minimum absolute atomic E-state index is 0.805. The molecule has 0 bridgehead atoms. The van der Waals surface area contributed by atoms with E-state index in [1.165, 1.54) is 5.69 Å². The molecule has 0 aliphatic carbocycles. The van der Waals surface area contributed by atoms with E-state index in [1.807, 2.05) is 39.8 Å². The molecule has 0 aliphatic rings. The number of ether oxygens (including phenoxy) is 2. The van der Waals surface area contributed by atoms with Crippen LogP contribution in [-0.2, 0) is 5.75 Å². The van der Waals surface area contributed by atoms with Gasteiger partial charge < -0.3 is 9.47 Å². The zero-order chi connectivity index (χ0) is 18.7. The number of imidazole rings is 1. The summed E-state index contributed by atoms with van der Waals surface area (Å²) in [5.41, 5.74) is 5.29. The monoisotopic (exact) mass is 390 g/mol. The molecule has 0 amide bonds. The molecule has 5 nitrogen and oxygen atoms in total. The number of methoxy groups -OCH3 is 2. The lowest BCUT2D eigenvalue weighted by atomic mass is 10.1. The topological polar surface area (TPSA) is 51.0 Å². The molecule has 3 aromatic rings. The van der Waals surface area contributed by atoms with Crippen LogP contribution in [0.25, 0.3) is 17.0 Å². The summed E-state index contributed by atoms with van der Waals surface area (Å²) in [5.74, 6) is 4.52. The second kappa shape index (κ2) is 8.22. The molecule has 0 fully saturated rings. The van der Waals surface area contributed by atoms with Crippen molar-refractivity contribution in [2.45, 2.75) is 26.5 Å². The Morgan fingerprint density at radius 1 is 1.15 bits per heavy atom. The van der Waals surface area contributed by atoms with Crippen LogP contribution in [0.1, 0.15) is 23.7 Å². The molecule has 1 N–H and O–H groups in total. The number of aromatic amines is 1. The zero-order valence-electron chi connectivity index (χ0n) is 15.8. The van der Waals surface area contributed by atoms with Crippen molar-refractivity contribution in [1.82, 2.24) is 9.97 Å². The minimum atomic E-state index is 0.805. The summed E-state index contributed by atoms with van der Waals surface area (Å²) in [6.07, 6.45) is 2.09. The number of hydrogen-bond donors (Lipinski definition) is 1. The van der Waals surface area contributed by atoms with Crippen LogP contribution in [0.2, 0.25) is 0 Å². The molecule has 0 radical (unpaired) electrons. The number of hydrogen-bond acceptors (Lipinski definition) is 5. The summed E-state index contributed by atoms with van der Waals surface area (Å²) in [7, 11) is 7.10. The van der Waals surface area contributed by atoms with Gasteiger partial charge in [-0.2, -0.15) is 0 Å². The Morgan fingerprint density at radius 2 is 1.96 bits per heavy atom. The van der Waals surface area contributed by atoms with E-state index in [-0.39, 0.29) is 0 Å². The highest BCUT2D eigenvalue weighted by Crippen LogP contribution is 2.30. The van der Waals surface area contributed by atoms with Crippen LogP contribution in [0.15, 0.2) is 24.4 Å². The van der Waals surface area contributed by atoms with Crippen molar-refractivity contribution < 1.29 is 14.0 Å². The van der Waals surface area contributed by atoms with E-state index in [4.69, 9.17) is 14.5 Å². The van der Waals surface area contributed by atoms with Crippen molar-refractivity contribution in [3.63, 3.8) is 0 Å². The van der Waals surface area contributed by atoms with E-state index in [0.717, 1.165) is 51.1 Å². The van der Waals surface area contributed by atoms with Crippen molar-refractivity contribution in [3.8, 4) is 17.4 Å². The number of nitrogens with zero attached hydrogens (tertiary/aromatic N) is 2. The molecule has 0 aliphatic heterocycles. The fourth-order valence-corrected chi connectivity index (χ4v) is 4.82. The normalized spacial score (nSPS) is 11.1. The maximum Gasteiger partial charge on any atom is 0.402 e. The largest absolute Gasteiger partial charge is 0.497 e. The van der Waals surface area contributed by atoms with Gasteiger partial charge in [0.25, 0.3) is 0 Å². The first-order chi connectivity index (χ1) is 12.6. The van der Waals surface area contributed by atoms with Gasteiger partial charge in [-0.15, -0.1) is 0 Å². The SMILES string of the molecule is CCSSCc1c(C)c(OC)c(C)c[n+]1-c1nc2ccc(OC)cc2[nH]1. The Balaban J connectivity index is 2.13. The second-order valence-electron chi connectivity index (χ2n) is 5.90. The quantitative estimate of drug-likeness (QED) is 0.369. The molecule has 2 heterocycles. The van der Waals surface area contributed by atoms with Crippen molar-refractivity contribution in [3.05, 3.63) is 41.2 Å². The average Bonchev–Trinajstić information content (AvgIpc) is 3.06. The molecule has 0 spiro atoms. The van der Waals surface area contributed by atoms with Gasteiger partial charge in [-0.05, 0) is 26.0 Å². The molecule has 138 valence electrons. The van der Waals surface area contributed by atoms with Crippen LogP contribution in [-0.4, -0.2) is 29.9 Å². The third-order valence-corrected chi connectivity index (χ3v) is 6.61. The van der Waals surface area contributed by atoms with Crippen molar-refractivity contribution in [1.29, 1.82) is 0 Å². The smallest absolute Gasteiger partial charge is 0.402 e. The van der Waals surface area contributed by atoms with E-state index < -0.39 is 0 Å². The Bertz CT molecular complexity index is 925. The number of H-pyrrole nitrogens is 1. The number of pyridine rings is 1. The maximum atomic E-state index is 5.63. The Kier molecular flexibility index (Phi) is 5.98. The van der Waals surface area contributed by atoms with Gasteiger partial charge in [0, 0.05) is 22.9 Å². The lowest BCUT2D eigenvalue weighted by Crippen LogP contribution is -2.38. The summed E-state index contributed by atoms with van der Waals surface area (Å²) >= 11 is 0. The summed E-state index contributed by atoms with van der Waals surface area (Å²) in [6, 6.07) is 5.87. The van der Waals surface area contributed by atoms with Crippen LogP contribution in [0.3, 0.4) is 0 Å². The number of rotatable bonds is 7. The molecular weight excluding hydrogens is 366 g/mol. The summed E-state index contributed by atoms with van der Waals surface area (Å²) in [6.45, 7) is 6.34. The molecular formula is C19H24N3O2S2+. The Hall–Kier alpha value is -1.86. The Labute approximate surface area is 161 Å². The van der Waals surface area contributed by atoms with Gasteiger partial charge in [0.2, 0.25) is 0 Å². The summed E-state index contributed by atoms with van der Waals surface area (Å²) in [4.78, 5) is 8.20. The van der Waals surface area contributed by atoms with Gasteiger partial charge in [0.15, 0.2) is 5.52 Å². The van der Waals surface area contributed by atoms with Crippen LogP contribution < -0.4 is 14.0 Å². The number of fused-ring (bicyclic) bond motifs is 1. The van der Waals surface area contributed by atoms with Crippen LogP contribution in [0.4, 0.5) is 0 Å². The number of nitrogens with one attached hydrogen (secondary N) is 1. The molecule has 0 unspecified atom stereocenters. The van der Waals surface area contributed by atoms with Gasteiger partial charge in [0.1, 0.15) is 22.7 Å². The predicted octanol–water partition coefficient (Wildman–Crippen LogP) is 4.37. The number of benzene rings is 1. The first-order valence-corrected chi connectivity index (χ1v) is 10.9. The molecule has 1 aromatic carbocycles. The minimum Gasteiger partial charge on any atom is -0.497 e.